The molecule has 0 amide bonds. The van der Waals surface area contributed by atoms with Gasteiger partial charge < -0.3 is 19.8 Å². The fourth-order valence-electron chi connectivity index (χ4n) is 6.79. The summed E-state index contributed by atoms with van der Waals surface area (Å²) in [6, 6.07) is 0. The topological polar surface area (TPSA) is 86.7 Å². The minimum absolute atomic E-state index is 0. The van der Waals surface area contributed by atoms with E-state index >= 15 is 0 Å². The Kier molecular flexibility index (Phi) is 54.3. The molecule has 0 fully saturated rings. The van der Waals surface area contributed by atoms with E-state index in [9.17, 15) is 19.8 Å². The number of carboxylic acid groups (broad SMARTS) is 2. The molecule has 0 spiro atoms. The van der Waals surface area contributed by atoms with Gasteiger partial charge in [-0.2, -0.15) is 0 Å². The molecule has 6 nitrogen and oxygen atoms in total. The molecule has 0 aromatic rings. The summed E-state index contributed by atoms with van der Waals surface area (Å²) in [5.41, 5.74) is 0. The van der Waals surface area contributed by atoms with E-state index in [-0.39, 0.29) is 50.8 Å². The smallest absolute Gasteiger partial charge is 0.549 e. The largest absolute Gasteiger partial charge is 2.00 e. The summed E-state index contributed by atoms with van der Waals surface area (Å²) >= 11 is 0. The standard InChI is InChI=1S/2C24H45NO2.Ca/c2*1-3-5-7-9-11-13-15-17-19-21-25(23-24(26)27)22-20-18-16-14-12-10-8-6-4-2;/h2*3-6H,7-23H2,1-2H3,(H,26,27);/q;;+2/p-2/b2*5-3+,6-4+;. The van der Waals surface area contributed by atoms with Crippen LogP contribution in [-0.4, -0.2) is 98.7 Å². The van der Waals surface area contributed by atoms with Crippen LogP contribution in [0.5, 0.6) is 0 Å². The van der Waals surface area contributed by atoms with E-state index in [0.29, 0.717) is 0 Å². The Labute approximate surface area is 372 Å². The first kappa shape index (κ1) is 58.4. The van der Waals surface area contributed by atoms with Crippen molar-refractivity contribution < 1.29 is 19.8 Å². The summed E-state index contributed by atoms with van der Waals surface area (Å²) in [4.78, 5) is 26.1. The molecule has 55 heavy (non-hydrogen) atoms. The van der Waals surface area contributed by atoms with Gasteiger partial charge in [-0.25, -0.2) is 0 Å². The normalized spacial score (nSPS) is 11.7. The van der Waals surface area contributed by atoms with E-state index in [1.165, 1.54) is 154 Å². The van der Waals surface area contributed by atoms with E-state index < -0.39 is 11.9 Å². The minimum atomic E-state index is -0.942. The van der Waals surface area contributed by atoms with Crippen molar-refractivity contribution in [2.75, 3.05) is 39.3 Å². The first-order valence-electron chi connectivity index (χ1n) is 22.7. The zero-order valence-corrected chi connectivity index (χ0v) is 39.1. The van der Waals surface area contributed by atoms with Gasteiger partial charge in [0.1, 0.15) is 0 Å². The summed E-state index contributed by atoms with van der Waals surface area (Å²) in [6.45, 7) is 12.1. The molecule has 0 saturated carbocycles. The molecule has 7 heteroatoms. The van der Waals surface area contributed by atoms with Crippen molar-refractivity contribution in [3.05, 3.63) is 48.6 Å². The zero-order chi connectivity index (χ0) is 40.0. The van der Waals surface area contributed by atoms with Crippen LogP contribution in [0.1, 0.15) is 207 Å². The number of unbranched alkanes of at least 4 members (excludes halogenated alkanes) is 24. The summed E-state index contributed by atoms with van der Waals surface area (Å²) in [7, 11) is 0. The predicted molar refractivity (Wildman–Crippen MR) is 237 cm³/mol. The Morgan fingerprint density at radius 2 is 0.527 bits per heavy atom. The van der Waals surface area contributed by atoms with E-state index in [2.05, 4.69) is 86.1 Å². The number of hydrogen-bond donors (Lipinski definition) is 0. The molecule has 0 atom stereocenters. The van der Waals surface area contributed by atoms with Gasteiger partial charge in [0.15, 0.2) is 0 Å². The van der Waals surface area contributed by atoms with Gasteiger partial charge in [-0.1, -0.05) is 151 Å². The van der Waals surface area contributed by atoms with Gasteiger partial charge in [0.05, 0.1) is 11.9 Å². The first-order chi connectivity index (χ1) is 26.4. The van der Waals surface area contributed by atoms with Crippen molar-refractivity contribution in [3.8, 4) is 0 Å². The van der Waals surface area contributed by atoms with Gasteiger partial charge in [-0.15, -0.1) is 0 Å². The number of aliphatic carboxylic acids is 2. The molecule has 0 bridgehead atoms. The van der Waals surface area contributed by atoms with Crippen molar-refractivity contribution in [1.82, 2.24) is 9.80 Å². The fraction of sp³-hybridized carbons (Fsp3) is 0.792. The molecule has 0 rings (SSSR count). The van der Waals surface area contributed by atoms with Crippen molar-refractivity contribution in [3.63, 3.8) is 0 Å². The Morgan fingerprint density at radius 1 is 0.345 bits per heavy atom. The molecular formula is C48H88CaN2O4. The Morgan fingerprint density at radius 3 is 0.709 bits per heavy atom. The van der Waals surface area contributed by atoms with Gasteiger partial charge in [0.2, 0.25) is 0 Å². The number of carbonyl (C=O) groups excluding carboxylic acids is 2. The molecule has 0 aliphatic heterocycles. The molecular weight excluding hydrogens is 709 g/mol. The zero-order valence-electron chi connectivity index (χ0n) is 36.9. The van der Waals surface area contributed by atoms with Crippen LogP contribution in [0.3, 0.4) is 0 Å². The van der Waals surface area contributed by atoms with Crippen molar-refractivity contribution >= 4 is 49.7 Å². The van der Waals surface area contributed by atoms with Crippen molar-refractivity contribution in [2.45, 2.75) is 207 Å². The van der Waals surface area contributed by atoms with E-state index in [0.717, 1.165) is 51.9 Å². The van der Waals surface area contributed by atoms with Crippen molar-refractivity contribution in [2.24, 2.45) is 0 Å². The number of carboxylic acids is 2. The fourth-order valence-corrected chi connectivity index (χ4v) is 6.79. The second-order valence-electron chi connectivity index (χ2n) is 15.2. The van der Waals surface area contributed by atoms with Gasteiger partial charge in [0.25, 0.3) is 0 Å². The minimum Gasteiger partial charge on any atom is -0.549 e. The summed E-state index contributed by atoms with van der Waals surface area (Å²) in [5, 5.41) is 21.9. The summed E-state index contributed by atoms with van der Waals surface area (Å²) < 4.78 is 0. The molecule has 316 valence electrons. The first-order valence-corrected chi connectivity index (χ1v) is 22.7. The molecule has 0 heterocycles. The third-order valence-corrected chi connectivity index (χ3v) is 10.0. The second-order valence-corrected chi connectivity index (χ2v) is 15.2. The number of allylic oxidation sites excluding steroid dienone is 8. The average Bonchev–Trinajstić information content (AvgIpc) is 3.14. The van der Waals surface area contributed by atoms with E-state index in [1.807, 2.05) is 0 Å². The molecule has 0 N–H and O–H groups in total. The maximum Gasteiger partial charge on any atom is 2.00 e. The van der Waals surface area contributed by atoms with Crippen LogP contribution in [0, 0.1) is 0 Å². The van der Waals surface area contributed by atoms with Crippen molar-refractivity contribution in [1.29, 1.82) is 0 Å². The summed E-state index contributed by atoms with van der Waals surface area (Å²) in [5.74, 6) is -1.88. The quantitative estimate of drug-likeness (QED) is 0.0349. The van der Waals surface area contributed by atoms with E-state index in [4.69, 9.17) is 0 Å². The van der Waals surface area contributed by atoms with Gasteiger partial charge >= 0.3 is 37.7 Å². The van der Waals surface area contributed by atoms with Gasteiger partial charge in [-0.3, -0.25) is 9.80 Å². The Hall–Kier alpha value is -0.920. The third-order valence-electron chi connectivity index (χ3n) is 10.0. The molecule has 0 radical (unpaired) electrons. The van der Waals surface area contributed by atoms with Gasteiger partial charge in [-0.05, 0) is 131 Å². The maximum absolute atomic E-state index is 11.0. The van der Waals surface area contributed by atoms with Crippen LogP contribution in [0.4, 0.5) is 0 Å². The number of carbonyl (C=O) groups is 2. The maximum atomic E-state index is 11.0. The van der Waals surface area contributed by atoms with Crippen LogP contribution in [0.25, 0.3) is 0 Å². The van der Waals surface area contributed by atoms with Crippen LogP contribution in [0.15, 0.2) is 48.6 Å². The molecule has 0 aromatic carbocycles. The Balaban J connectivity index is -0.000000966. The number of nitrogens with zero attached hydrogens (tertiary/aromatic N) is 2. The third kappa shape index (κ3) is 53.1. The Bertz CT molecular complexity index is 776. The number of hydrogen-bond acceptors (Lipinski definition) is 6. The van der Waals surface area contributed by atoms with Crippen LogP contribution in [-0.2, 0) is 9.59 Å². The summed E-state index contributed by atoms with van der Waals surface area (Å²) in [6.07, 6.45) is 52.1. The molecule has 0 aliphatic carbocycles. The molecule has 0 aromatic heterocycles. The van der Waals surface area contributed by atoms with E-state index in [1.54, 1.807) is 0 Å². The van der Waals surface area contributed by atoms with Gasteiger partial charge in [0, 0.05) is 13.1 Å². The predicted octanol–water partition coefficient (Wildman–Crippen LogP) is 10.9. The average molecular weight is 797 g/mol. The molecule has 0 unspecified atom stereocenters. The molecule has 0 aliphatic rings. The second kappa shape index (κ2) is 51.1. The SMILES string of the molecule is C/C=C/CCCCCCCCN(CCCCCCCC/C=C/C)CC(=O)[O-].C/C=C/CCCCCCCCN(CCCCCCCC/C=C/C)CC(=O)[O-].[Ca+2]. The molecule has 0 saturated heterocycles. The van der Waals surface area contributed by atoms with Crippen LogP contribution < -0.4 is 10.2 Å². The monoisotopic (exact) mass is 797 g/mol. The number of rotatable bonds is 40. The van der Waals surface area contributed by atoms with Crippen LogP contribution >= 0.6 is 0 Å². The van der Waals surface area contributed by atoms with Crippen LogP contribution in [0.2, 0.25) is 0 Å².